The van der Waals surface area contributed by atoms with Gasteiger partial charge in [0.15, 0.2) is 0 Å². The smallest absolute Gasteiger partial charge is 0.0192 e. The summed E-state index contributed by atoms with van der Waals surface area (Å²) >= 11 is 0. The van der Waals surface area contributed by atoms with Crippen LogP contribution in [0.25, 0.3) is 0 Å². The monoisotopic (exact) mass is 210 g/mol. The van der Waals surface area contributed by atoms with Gasteiger partial charge < -0.3 is 10.6 Å². The molecule has 15 heavy (non-hydrogen) atoms. The first-order valence-corrected chi connectivity index (χ1v) is 6.79. The van der Waals surface area contributed by atoms with E-state index in [2.05, 4.69) is 17.6 Å². The van der Waals surface area contributed by atoms with Gasteiger partial charge in [-0.3, -0.25) is 0 Å². The van der Waals surface area contributed by atoms with Gasteiger partial charge in [0.2, 0.25) is 0 Å². The molecule has 1 atom stereocenters. The zero-order valence-electron chi connectivity index (χ0n) is 10.1. The zero-order valence-corrected chi connectivity index (χ0v) is 10.1. The number of piperidine rings is 1. The van der Waals surface area contributed by atoms with E-state index >= 15 is 0 Å². The normalized spacial score (nSPS) is 29.8. The Morgan fingerprint density at radius 3 is 2.67 bits per heavy atom. The summed E-state index contributed by atoms with van der Waals surface area (Å²) in [5, 5.41) is 7.28. The molecule has 0 radical (unpaired) electrons. The zero-order chi connectivity index (χ0) is 10.6. The second-order valence-corrected chi connectivity index (χ2v) is 5.48. The average molecular weight is 210 g/mol. The highest BCUT2D eigenvalue weighted by molar-refractivity contribution is 4.89. The van der Waals surface area contributed by atoms with Crippen molar-refractivity contribution in [3.63, 3.8) is 0 Å². The van der Waals surface area contributed by atoms with Crippen LogP contribution in [0.1, 0.15) is 51.9 Å². The summed E-state index contributed by atoms with van der Waals surface area (Å²) in [5.74, 6) is 0. The van der Waals surface area contributed by atoms with E-state index in [1.165, 1.54) is 64.6 Å². The van der Waals surface area contributed by atoms with Gasteiger partial charge in [0.1, 0.15) is 0 Å². The molecular weight excluding hydrogens is 184 g/mol. The van der Waals surface area contributed by atoms with Crippen molar-refractivity contribution < 1.29 is 0 Å². The van der Waals surface area contributed by atoms with Crippen LogP contribution >= 0.6 is 0 Å². The maximum absolute atomic E-state index is 3.69. The van der Waals surface area contributed by atoms with Crippen molar-refractivity contribution in [2.24, 2.45) is 5.41 Å². The maximum atomic E-state index is 3.69. The largest absolute Gasteiger partial charge is 0.315 e. The molecule has 1 heterocycles. The van der Waals surface area contributed by atoms with E-state index in [0.29, 0.717) is 5.41 Å². The SMILES string of the molecule is CCC1(CNCC2CCCCN2)CCC1. The average Bonchev–Trinajstić information content (AvgIpc) is 2.24. The Bertz CT molecular complexity index is 175. The van der Waals surface area contributed by atoms with Crippen LogP contribution in [0.5, 0.6) is 0 Å². The van der Waals surface area contributed by atoms with Gasteiger partial charge in [-0.05, 0) is 44.1 Å². The van der Waals surface area contributed by atoms with E-state index < -0.39 is 0 Å². The molecule has 2 rings (SSSR count). The van der Waals surface area contributed by atoms with Gasteiger partial charge >= 0.3 is 0 Å². The lowest BCUT2D eigenvalue weighted by Gasteiger charge is -2.42. The second-order valence-electron chi connectivity index (χ2n) is 5.48. The van der Waals surface area contributed by atoms with Gasteiger partial charge in [0, 0.05) is 19.1 Å². The first-order chi connectivity index (χ1) is 7.35. The van der Waals surface area contributed by atoms with Crippen LogP contribution in [-0.4, -0.2) is 25.7 Å². The lowest BCUT2D eigenvalue weighted by Crippen LogP contribution is -2.46. The first-order valence-electron chi connectivity index (χ1n) is 6.79. The Hall–Kier alpha value is -0.0800. The van der Waals surface area contributed by atoms with Gasteiger partial charge in [-0.15, -0.1) is 0 Å². The fourth-order valence-corrected chi connectivity index (χ4v) is 2.94. The minimum Gasteiger partial charge on any atom is -0.315 e. The lowest BCUT2D eigenvalue weighted by atomic mass is 9.67. The number of hydrogen-bond donors (Lipinski definition) is 2. The van der Waals surface area contributed by atoms with Crippen LogP contribution in [0.4, 0.5) is 0 Å². The van der Waals surface area contributed by atoms with E-state index in [9.17, 15) is 0 Å². The topological polar surface area (TPSA) is 24.1 Å². The Kier molecular flexibility index (Phi) is 4.04. The quantitative estimate of drug-likeness (QED) is 0.727. The molecule has 2 aliphatic rings. The molecule has 88 valence electrons. The second kappa shape index (κ2) is 5.31. The molecular formula is C13H26N2. The summed E-state index contributed by atoms with van der Waals surface area (Å²) in [6, 6.07) is 0.743. The third-order valence-electron chi connectivity index (χ3n) is 4.47. The summed E-state index contributed by atoms with van der Waals surface area (Å²) in [6.07, 6.45) is 9.87. The molecule has 2 N–H and O–H groups in total. The molecule has 1 aliphatic heterocycles. The van der Waals surface area contributed by atoms with E-state index in [4.69, 9.17) is 0 Å². The highest BCUT2D eigenvalue weighted by Gasteiger charge is 2.34. The Morgan fingerprint density at radius 2 is 2.13 bits per heavy atom. The highest BCUT2D eigenvalue weighted by atomic mass is 15.0. The third-order valence-corrected chi connectivity index (χ3v) is 4.47. The predicted molar refractivity (Wildman–Crippen MR) is 65.1 cm³/mol. The maximum Gasteiger partial charge on any atom is 0.0192 e. The molecule has 0 aromatic heterocycles. The van der Waals surface area contributed by atoms with E-state index in [0.717, 1.165) is 6.04 Å². The molecule has 2 nitrogen and oxygen atoms in total. The lowest BCUT2D eigenvalue weighted by molar-refractivity contribution is 0.122. The van der Waals surface area contributed by atoms with E-state index in [1.54, 1.807) is 0 Å². The predicted octanol–water partition coefficient (Wildman–Crippen LogP) is 2.30. The summed E-state index contributed by atoms with van der Waals surface area (Å²) < 4.78 is 0. The molecule has 1 unspecified atom stereocenters. The van der Waals surface area contributed by atoms with Gasteiger partial charge in [0.25, 0.3) is 0 Å². The van der Waals surface area contributed by atoms with E-state index in [-0.39, 0.29) is 0 Å². The van der Waals surface area contributed by atoms with E-state index in [1.807, 2.05) is 0 Å². The summed E-state index contributed by atoms with van der Waals surface area (Å²) in [5.41, 5.74) is 0.675. The van der Waals surface area contributed by atoms with Crippen molar-refractivity contribution in [3.05, 3.63) is 0 Å². The van der Waals surface area contributed by atoms with Crippen molar-refractivity contribution >= 4 is 0 Å². The number of hydrogen-bond acceptors (Lipinski definition) is 2. The number of rotatable bonds is 5. The van der Waals surface area contributed by atoms with Crippen LogP contribution in [0, 0.1) is 5.41 Å². The molecule has 0 aromatic rings. The van der Waals surface area contributed by atoms with Crippen LogP contribution in [0.2, 0.25) is 0 Å². The molecule has 1 saturated carbocycles. The fourth-order valence-electron chi connectivity index (χ4n) is 2.94. The fraction of sp³-hybridized carbons (Fsp3) is 1.00. The minimum absolute atomic E-state index is 0.675. The summed E-state index contributed by atoms with van der Waals surface area (Å²) in [7, 11) is 0. The minimum atomic E-state index is 0.675. The van der Waals surface area contributed by atoms with Crippen LogP contribution in [-0.2, 0) is 0 Å². The molecule has 1 saturated heterocycles. The summed E-state index contributed by atoms with van der Waals surface area (Å²) in [4.78, 5) is 0. The van der Waals surface area contributed by atoms with Gasteiger partial charge in [-0.2, -0.15) is 0 Å². The van der Waals surface area contributed by atoms with Gasteiger partial charge in [-0.25, -0.2) is 0 Å². The van der Waals surface area contributed by atoms with Crippen molar-refractivity contribution in [2.45, 2.75) is 57.9 Å². The molecule has 2 heteroatoms. The Labute approximate surface area is 94.2 Å². The molecule has 2 fully saturated rings. The molecule has 0 bridgehead atoms. The molecule has 0 spiro atoms. The third kappa shape index (κ3) is 2.94. The number of nitrogens with one attached hydrogen (secondary N) is 2. The summed E-state index contributed by atoms with van der Waals surface area (Å²) in [6.45, 7) is 6.01. The van der Waals surface area contributed by atoms with Crippen molar-refractivity contribution in [1.29, 1.82) is 0 Å². The van der Waals surface area contributed by atoms with Crippen molar-refractivity contribution in [1.82, 2.24) is 10.6 Å². The standard InChI is InChI=1S/C13H26N2/c1-2-13(7-5-8-13)11-14-10-12-6-3-4-9-15-12/h12,14-15H,2-11H2,1H3. The van der Waals surface area contributed by atoms with Crippen molar-refractivity contribution in [2.75, 3.05) is 19.6 Å². The molecule has 0 aromatic carbocycles. The van der Waals surface area contributed by atoms with Crippen LogP contribution in [0.3, 0.4) is 0 Å². The van der Waals surface area contributed by atoms with Crippen LogP contribution in [0.15, 0.2) is 0 Å². The molecule has 0 amide bonds. The Morgan fingerprint density at radius 1 is 1.27 bits per heavy atom. The van der Waals surface area contributed by atoms with Crippen molar-refractivity contribution in [3.8, 4) is 0 Å². The first kappa shape index (κ1) is 11.4. The van der Waals surface area contributed by atoms with Crippen LogP contribution < -0.4 is 10.6 Å². The highest BCUT2D eigenvalue weighted by Crippen LogP contribution is 2.42. The molecule has 1 aliphatic carbocycles. The van der Waals surface area contributed by atoms with Gasteiger partial charge in [-0.1, -0.05) is 19.8 Å². The van der Waals surface area contributed by atoms with Gasteiger partial charge in [0.05, 0.1) is 0 Å². The Balaban J connectivity index is 1.61.